The van der Waals surface area contributed by atoms with E-state index in [0.717, 1.165) is 0 Å². The van der Waals surface area contributed by atoms with E-state index >= 15 is 0 Å². The third-order valence-electron chi connectivity index (χ3n) is 4.84. The zero-order valence-electron chi connectivity index (χ0n) is 18.7. The third-order valence-corrected chi connectivity index (χ3v) is 4.84. The van der Waals surface area contributed by atoms with Gasteiger partial charge in [0.25, 0.3) is 0 Å². The molecule has 4 atom stereocenters. The molecule has 0 saturated carbocycles. The number of amides is 3. The van der Waals surface area contributed by atoms with E-state index < -0.39 is 66.9 Å². The van der Waals surface area contributed by atoms with Crippen molar-refractivity contribution in [2.75, 3.05) is 6.61 Å². The van der Waals surface area contributed by atoms with Crippen molar-refractivity contribution in [1.29, 1.82) is 0 Å². The third kappa shape index (κ3) is 9.03. The molecule has 0 saturated heterocycles. The number of carbonyl (C=O) groups is 5. The number of rotatable bonds is 13. The van der Waals surface area contributed by atoms with Crippen LogP contribution in [0.25, 0.3) is 0 Å². The second kappa shape index (κ2) is 13.1. The number of aliphatic carboxylic acids is 2. The van der Waals surface area contributed by atoms with Crippen LogP contribution in [-0.4, -0.2) is 80.9 Å². The van der Waals surface area contributed by atoms with Crippen LogP contribution in [0.1, 0.15) is 25.8 Å². The lowest BCUT2D eigenvalue weighted by Crippen LogP contribution is -2.58. The normalized spacial score (nSPS) is 14.4. The fourth-order valence-electron chi connectivity index (χ4n) is 2.76. The zero-order chi connectivity index (χ0) is 26.0. The highest BCUT2D eigenvalue weighted by atomic mass is 16.4. The molecule has 13 heteroatoms. The molecule has 0 aliphatic carbocycles. The molecule has 0 aliphatic heterocycles. The van der Waals surface area contributed by atoms with Crippen LogP contribution in [0.3, 0.4) is 0 Å². The molecule has 4 unspecified atom stereocenters. The minimum absolute atomic E-state index is 0.0502. The SMILES string of the molecule is CC(C)C(N)C(=O)NC(CC(=O)O)C(=O)NC(Cc1ccc(O)cc1)C(=O)NC(CO)C(=O)O. The molecule has 9 N–H and O–H groups in total. The largest absolute Gasteiger partial charge is 0.508 e. The van der Waals surface area contributed by atoms with Crippen LogP contribution < -0.4 is 21.7 Å². The predicted octanol–water partition coefficient (Wildman–Crippen LogP) is -2.08. The van der Waals surface area contributed by atoms with E-state index in [0.29, 0.717) is 5.56 Å². The van der Waals surface area contributed by atoms with Crippen molar-refractivity contribution in [1.82, 2.24) is 16.0 Å². The van der Waals surface area contributed by atoms with Gasteiger partial charge in [0.2, 0.25) is 17.7 Å². The van der Waals surface area contributed by atoms with Crippen LogP contribution in [0.2, 0.25) is 0 Å². The van der Waals surface area contributed by atoms with Crippen molar-refractivity contribution in [3.05, 3.63) is 29.8 Å². The Bertz CT molecular complexity index is 889. The molecule has 0 aliphatic rings. The molecular formula is C21H30N4O9. The van der Waals surface area contributed by atoms with Gasteiger partial charge in [0.1, 0.15) is 23.9 Å². The van der Waals surface area contributed by atoms with E-state index in [1.807, 2.05) is 0 Å². The Balaban J connectivity index is 3.14. The Morgan fingerprint density at radius 2 is 1.35 bits per heavy atom. The number of aliphatic hydroxyl groups is 1. The summed E-state index contributed by atoms with van der Waals surface area (Å²) in [6.07, 6.45) is -0.973. The Kier molecular flexibility index (Phi) is 10.9. The van der Waals surface area contributed by atoms with E-state index in [1.54, 1.807) is 13.8 Å². The number of nitrogens with two attached hydrogens (primary N) is 1. The summed E-state index contributed by atoms with van der Waals surface area (Å²) in [4.78, 5) is 60.2. The standard InChI is InChI=1S/C21H30N4O9/c1-10(2)17(22)20(32)24-14(8-16(28)29)19(31)23-13(7-11-3-5-12(27)6-4-11)18(30)25-15(9-26)21(33)34/h3-6,10,13-15,17,26-27H,7-9,22H2,1-2H3,(H,23,31)(H,24,32)(H,25,30)(H,28,29)(H,33,34). The lowest BCUT2D eigenvalue weighted by Gasteiger charge is -2.25. The average Bonchev–Trinajstić information content (AvgIpc) is 2.76. The number of aliphatic hydroxyl groups excluding tert-OH is 1. The molecule has 1 rings (SSSR count). The highest BCUT2D eigenvalue weighted by Gasteiger charge is 2.31. The van der Waals surface area contributed by atoms with Gasteiger partial charge in [-0.25, -0.2) is 4.79 Å². The number of phenolic OH excluding ortho intramolecular Hbond substituents is 1. The fourth-order valence-corrected chi connectivity index (χ4v) is 2.76. The molecule has 0 bridgehead atoms. The number of aromatic hydroxyl groups is 1. The summed E-state index contributed by atoms with van der Waals surface area (Å²) in [6, 6.07) is -0.0513. The van der Waals surface area contributed by atoms with Gasteiger partial charge in [0, 0.05) is 6.42 Å². The average molecular weight is 482 g/mol. The Morgan fingerprint density at radius 1 is 0.853 bits per heavy atom. The Hall–Kier alpha value is -3.71. The van der Waals surface area contributed by atoms with Crippen molar-refractivity contribution < 1.29 is 44.4 Å². The summed E-state index contributed by atoms with van der Waals surface area (Å²) < 4.78 is 0. The Morgan fingerprint density at radius 3 is 1.82 bits per heavy atom. The summed E-state index contributed by atoms with van der Waals surface area (Å²) in [6.45, 7) is 2.41. The van der Waals surface area contributed by atoms with Crippen molar-refractivity contribution in [2.24, 2.45) is 11.7 Å². The first kappa shape index (κ1) is 28.3. The van der Waals surface area contributed by atoms with Crippen molar-refractivity contribution in [3.8, 4) is 5.75 Å². The van der Waals surface area contributed by atoms with Crippen LogP contribution in [0.15, 0.2) is 24.3 Å². The second-order valence-corrected chi connectivity index (χ2v) is 7.94. The molecule has 0 radical (unpaired) electrons. The molecule has 0 fully saturated rings. The number of carboxylic acid groups (broad SMARTS) is 2. The van der Waals surface area contributed by atoms with Gasteiger partial charge in [-0.2, -0.15) is 0 Å². The molecular weight excluding hydrogens is 452 g/mol. The van der Waals surface area contributed by atoms with Gasteiger partial charge in [-0.1, -0.05) is 26.0 Å². The van der Waals surface area contributed by atoms with Gasteiger partial charge in [-0.15, -0.1) is 0 Å². The first-order valence-corrected chi connectivity index (χ1v) is 10.4. The maximum absolute atomic E-state index is 12.8. The summed E-state index contributed by atoms with van der Waals surface area (Å²) >= 11 is 0. The Labute approximate surface area is 195 Å². The summed E-state index contributed by atoms with van der Waals surface area (Å²) in [5.74, 6) is -6.00. The number of hydrogen-bond donors (Lipinski definition) is 8. The minimum Gasteiger partial charge on any atom is -0.508 e. The molecule has 3 amide bonds. The van der Waals surface area contributed by atoms with Crippen molar-refractivity contribution >= 4 is 29.7 Å². The van der Waals surface area contributed by atoms with Crippen LogP contribution in [0, 0.1) is 5.92 Å². The van der Waals surface area contributed by atoms with Gasteiger partial charge in [-0.3, -0.25) is 19.2 Å². The number of phenols is 1. The lowest BCUT2D eigenvalue weighted by molar-refractivity contribution is -0.144. The van der Waals surface area contributed by atoms with Crippen LogP contribution in [0.4, 0.5) is 0 Å². The summed E-state index contributed by atoms with van der Waals surface area (Å²) in [5, 5.41) is 43.5. The molecule has 1 aromatic rings. The van der Waals surface area contributed by atoms with Gasteiger partial charge >= 0.3 is 11.9 Å². The fraction of sp³-hybridized carbons (Fsp3) is 0.476. The first-order chi connectivity index (χ1) is 15.8. The molecule has 0 aromatic heterocycles. The molecule has 188 valence electrons. The van der Waals surface area contributed by atoms with Crippen LogP contribution in [-0.2, 0) is 30.4 Å². The van der Waals surface area contributed by atoms with Gasteiger partial charge in [0.15, 0.2) is 0 Å². The molecule has 34 heavy (non-hydrogen) atoms. The zero-order valence-corrected chi connectivity index (χ0v) is 18.7. The maximum atomic E-state index is 12.8. The topological polar surface area (TPSA) is 228 Å². The quantitative estimate of drug-likeness (QED) is 0.153. The molecule has 13 nitrogen and oxygen atoms in total. The van der Waals surface area contributed by atoms with E-state index in [4.69, 9.17) is 15.9 Å². The maximum Gasteiger partial charge on any atom is 0.328 e. The van der Waals surface area contributed by atoms with Gasteiger partial charge < -0.3 is 42.1 Å². The van der Waals surface area contributed by atoms with E-state index in [9.17, 15) is 34.2 Å². The van der Waals surface area contributed by atoms with E-state index in [1.165, 1.54) is 24.3 Å². The summed E-state index contributed by atoms with van der Waals surface area (Å²) in [5.41, 5.74) is 6.21. The highest BCUT2D eigenvalue weighted by molar-refractivity contribution is 5.95. The van der Waals surface area contributed by atoms with Crippen LogP contribution >= 0.6 is 0 Å². The summed E-state index contributed by atoms with van der Waals surface area (Å²) in [7, 11) is 0. The van der Waals surface area contributed by atoms with Gasteiger partial charge in [-0.05, 0) is 23.6 Å². The minimum atomic E-state index is -1.65. The molecule has 0 spiro atoms. The van der Waals surface area contributed by atoms with E-state index in [2.05, 4.69) is 16.0 Å². The predicted molar refractivity (Wildman–Crippen MR) is 117 cm³/mol. The molecule has 0 heterocycles. The smallest absolute Gasteiger partial charge is 0.328 e. The van der Waals surface area contributed by atoms with Gasteiger partial charge in [0.05, 0.1) is 19.1 Å². The monoisotopic (exact) mass is 482 g/mol. The highest BCUT2D eigenvalue weighted by Crippen LogP contribution is 2.12. The van der Waals surface area contributed by atoms with Crippen LogP contribution in [0.5, 0.6) is 5.75 Å². The van der Waals surface area contributed by atoms with E-state index in [-0.39, 0.29) is 18.1 Å². The number of hydrogen-bond acceptors (Lipinski definition) is 8. The number of carbonyl (C=O) groups excluding carboxylic acids is 3. The number of benzene rings is 1. The first-order valence-electron chi connectivity index (χ1n) is 10.4. The van der Waals surface area contributed by atoms with Crippen molar-refractivity contribution in [3.63, 3.8) is 0 Å². The lowest BCUT2D eigenvalue weighted by atomic mass is 10.0. The number of nitrogens with one attached hydrogen (secondary N) is 3. The second-order valence-electron chi connectivity index (χ2n) is 7.94. The molecule has 1 aromatic carbocycles. The van der Waals surface area contributed by atoms with Crippen molar-refractivity contribution in [2.45, 2.75) is 50.9 Å². The number of carboxylic acids is 2.